The van der Waals surface area contributed by atoms with Crippen molar-refractivity contribution in [2.24, 2.45) is 0 Å². The first-order valence-electron chi connectivity index (χ1n) is 5.72. The molecule has 1 atom stereocenters. The molecule has 1 aromatic carbocycles. The van der Waals surface area contributed by atoms with Gasteiger partial charge in [0.15, 0.2) is 0 Å². The van der Waals surface area contributed by atoms with Gasteiger partial charge in [0.2, 0.25) is 0 Å². The van der Waals surface area contributed by atoms with Gasteiger partial charge in [-0.05, 0) is 38.5 Å². The summed E-state index contributed by atoms with van der Waals surface area (Å²) in [5.41, 5.74) is 3.28. The summed E-state index contributed by atoms with van der Waals surface area (Å²) < 4.78 is 0. The number of likely N-dealkylation sites (N-methyl/N-ethyl adjacent to an activating group) is 1. The lowest BCUT2D eigenvalue weighted by molar-refractivity contribution is 0.199. The van der Waals surface area contributed by atoms with Crippen LogP contribution in [0.1, 0.15) is 32.4 Å². The Balaban J connectivity index is 2.82. The van der Waals surface area contributed by atoms with Gasteiger partial charge in [-0.3, -0.25) is 0 Å². The predicted molar refractivity (Wildman–Crippen MR) is 69.8 cm³/mol. The maximum atomic E-state index is 9.43. The molecule has 1 rings (SSSR count). The van der Waals surface area contributed by atoms with Crippen molar-refractivity contribution < 1.29 is 5.11 Å². The molecule has 0 heterocycles. The maximum absolute atomic E-state index is 9.43. The summed E-state index contributed by atoms with van der Waals surface area (Å²) >= 11 is 0. The summed E-state index contributed by atoms with van der Waals surface area (Å²) in [7, 11) is 0. The molecule has 0 bridgehead atoms. The molecule has 0 aliphatic rings. The van der Waals surface area contributed by atoms with Crippen LogP contribution in [0.25, 0.3) is 0 Å². The van der Waals surface area contributed by atoms with Crippen LogP contribution in [0.3, 0.4) is 0 Å². The van der Waals surface area contributed by atoms with E-state index in [4.69, 9.17) is 0 Å². The van der Waals surface area contributed by atoms with E-state index in [-0.39, 0.29) is 0 Å². The van der Waals surface area contributed by atoms with E-state index in [1.807, 2.05) is 19.1 Å². The molecule has 1 unspecified atom stereocenters. The molecule has 0 fully saturated rings. The Labute approximate surface area is 98.2 Å². The van der Waals surface area contributed by atoms with E-state index in [0.717, 1.165) is 24.2 Å². The third-order valence-corrected chi connectivity index (χ3v) is 2.58. The molecule has 88 valence electrons. The van der Waals surface area contributed by atoms with Gasteiger partial charge in [-0.1, -0.05) is 24.3 Å². The highest BCUT2D eigenvalue weighted by atomic mass is 16.3. The van der Waals surface area contributed by atoms with Crippen molar-refractivity contribution in [3.05, 3.63) is 42.0 Å². The first kappa shape index (κ1) is 12.8. The first-order valence-corrected chi connectivity index (χ1v) is 5.72. The summed E-state index contributed by atoms with van der Waals surface area (Å²) in [5.74, 6) is 0. The largest absolute Gasteiger partial charge is 0.389 e. The van der Waals surface area contributed by atoms with Gasteiger partial charge in [0, 0.05) is 18.8 Å². The second-order valence-corrected chi connectivity index (χ2v) is 4.24. The molecule has 1 N–H and O–H groups in total. The standard InChI is InChI=1S/C14H21NO/c1-5-15(10-11(2)3)14-8-6-13(7-9-14)12(4)16/h6-9,12,16H,2,5,10H2,1,3-4H3. The monoisotopic (exact) mass is 219 g/mol. The minimum atomic E-state index is -0.398. The summed E-state index contributed by atoms with van der Waals surface area (Å²) in [6.07, 6.45) is -0.398. The Morgan fingerprint density at radius 1 is 1.38 bits per heavy atom. The quantitative estimate of drug-likeness (QED) is 0.769. The average Bonchev–Trinajstić information content (AvgIpc) is 2.25. The van der Waals surface area contributed by atoms with Crippen molar-refractivity contribution in [3.63, 3.8) is 0 Å². The van der Waals surface area contributed by atoms with Crippen LogP contribution in [-0.4, -0.2) is 18.2 Å². The highest BCUT2D eigenvalue weighted by molar-refractivity contribution is 5.48. The molecule has 16 heavy (non-hydrogen) atoms. The van der Waals surface area contributed by atoms with E-state index >= 15 is 0 Å². The number of benzene rings is 1. The highest BCUT2D eigenvalue weighted by Crippen LogP contribution is 2.19. The van der Waals surface area contributed by atoms with E-state index < -0.39 is 6.10 Å². The number of aliphatic hydroxyl groups is 1. The molecular weight excluding hydrogens is 198 g/mol. The average molecular weight is 219 g/mol. The second-order valence-electron chi connectivity index (χ2n) is 4.24. The first-order chi connectivity index (χ1) is 7.54. The summed E-state index contributed by atoms with van der Waals surface area (Å²) in [4.78, 5) is 2.26. The molecule has 0 saturated carbocycles. The van der Waals surface area contributed by atoms with Crippen molar-refractivity contribution >= 4 is 5.69 Å². The molecule has 0 saturated heterocycles. The van der Waals surface area contributed by atoms with Crippen LogP contribution in [0.5, 0.6) is 0 Å². The van der Waals surface area contributed by atoms with Gasteiger partial charge in [0.05, 0.1) is 6.10 Å². The summed E-state index contributed by atoms with van der Waals surface area (Å²) in [6.45, 7) is 11.7. The van der Waals surface area contributed by atoms with Gasteiger partial charge in [0.25, 0.3) is 0 Å². The Hall–Kier alpha value is -1.28. The number of anilines is 1. The van der Waals surface area contributed by atoms with Crippen molar-refractivity contribution in [1.29, 1.82) is 0 Å². The molecule has 0 aliphatic heterocycles. The van der Waals surface area contributed by atoms with Gasteiger partial charge in [-0.2, -0.15) is 0 Å². The highest BCUT2D eigenvalue weighted by Gasteiger charge is 2.05. The van der Waals surface area contributed by atoms with Crippen molar-refractivity contribution in [1.82, 2.24) is 0 Å². The number of aliphatic hydroxyl groups excluding tert-OH is 1. The molecule has 0 spiro atoms. The lowest BCUT2D eigenvalue weighted by Gasteiger charge is -2.23. The van der Waals surface area contributed by atoms with Crippen molar-refractivity contribution in [2.75, 3.05) is 18.0 Å². The van der Waals surface area contributed by atoms with Crippen LogP contribution in [-0.2, 0) is 0 Å². The summed E-state index contributed by atoms with van der Waals surface area (Å²) in [6, 6.07) is 8.05. The molecule has 2 heteroatoms. The molecule has 0 aliphatic carbocycles. The SMILES string of the molecule is C=C(C)CN(CC)c1ccc(C(C)O)cc1. The van der Waals surface area contributed by atoms with Gasteiger partial charge in [0.1, 0.15) is 0 Å². The second kappa shape index (κ2) is 5.71. The predicted octanol–water partition coefficient (Wildman–Crippen LogP) is 3.14. The summed E-state index contributed by atoms with van der Waals surface area (Å²) in [5, 5.41) is 9.43. The molecule has 0 radical (unpaired) electrons. The van der Waals surface area contributed by atoms with E-state index in [2.05, 4.69) is 30.5 Å². The number of hydrogen-bond donors (Lipinski definition) is 1. The maximum Gasteiger partial charge on any atom is 0.0761 e. The van der Waals surface area contributed by atoms with E-state index in [0.29, 0.717) is 0 Å². The van der Waals surface area contributed by atoms with E-state index in [9.17, 15) is 5.11 Å². The normalized spacial score (nSPS) is 12.2. The van der Waals surface area contributed by atoms with Crippen LogP contribution < -0.4 is 4.90 Å². The minimum Gasteiger partial charge on any atom is -0.389 e. The van der Waals surface area contributed by atoms with Crippen molar-refractivity contribution in [2.45, 2.75) is 26.9 Å². The Morgan fingerprint density at radius 3 is 2.31 bits per heavy atom. The Bertz CT molecular complexity index is 340. The van der Waals surface area contributed by atoms with Gasteiger partial charge in [-0.15, -0.1) is 0 Å². The molecule has 2 nitrogen and oxygen atoms in total. The number of nitrogens with zero attached hydrogens (tertiary/aromatic N) is 1. The van der Waals surface area contributed by atoms with Gasteiger partial charge >= 0.3 is 0 Å². The lowest BCUT2D eigenvalue weighted by atomic mass is 10.1. The van der Waals surface area contributed by atoms with Crippen LogP contribution in [0.2, 0.25) is 0 Å². The number of rotatable bonds is 5. The van der Waals surface area contributed by atoms with Crippen LogP contribution in [0.15, 0.2) is 36.4 Å². The van der Waals surface area contributed by atoms with Crippen LogP contribution >= 0.6 is 0 Å². The van der Waals surface area contributed by atoms with Gasteiger partial charge in [-0.25, -0.2) is 0 Å². The van der Waals surface area contributed by atoms with Crippen LogP contribution in [0, 0.1) is 0 Å². The Kier molecular flexibility index (Phi) is 4.56. The topological polar surface area (TPSA) is 23.5 Å². The van der Waals surface area contributed by atoms with E-state index in [1.54, 1.807) is 6.92 Å². The van der Waals surface area contributed by atoms with Crippen LogP contribution in [0.4, 0.5) is 5.69 Å². The fourth-order valence-corrected chi connectivity index (χ4v) is 1.68. The molecule has 0 aromatic heterocycles. The Morgan fingerprint density at radius 2 is 1.94 bits per heavy atom. The van der Waals surface area contributed by atoms with Gasteiger partial charge < -0.3 is 10.0 Å². The van der Waals surface area contributed by atoms with E-state index in [1.165, 1.54) is 5.69 Å². The number of hydrogen-bond acceptors (Lipinski definition) is 2. The van der Waals surface area contributed by atoms with Crippen molar-refractivity contribution in [3.8, 4) is 0 Å². The zero-order valence-corrected chi connectivity index (χ0v) is 10.4. The fraction of sp³-hybridized carbons (Fsp3) is 0.429. The lowest BCUT2D eigenvalue weighted by Crippen LogP contribution is -2.24. The molecule has 1 aromatic rings. The minimum absolute atomic E-state index is 0.398. The smallest absolute Gasteiger partial charge is 0.0761 e. The third-order valence-electron chi connectivity index (χ3n) is 2.58. The molecule has 0 amide bonds. The fourth-order valence-electron chi connectivity index (χ4n) is 1.68. The molecular formula is C14H21NO. The zero-order valence-electron chi connectivity index (χ0n) is 10.4. The zero-order chi connectivity index (χ0) is 12.1. The third kappa shape index (κ3) is 3.38.